The van der Waals surface area contributed by atoms with Crippen molar-refractivity contribution in [1.29, 1.82) is 0 Å². The van der Waals surface area contributed by atoms with Crippen molar-refractivity contribution in [3.63, 3.8) is 0 Å². The van der Waals surface area contributed by atoms with Crippen LogP contribution in [0.4, 0.5) is 23.0 Å². The molecule has 8 heteroatoms. The van der Waals surface area contributed by atoms with Crippen molar-refractivity contribution in [3.8, 4) is 11.5 Å². The van der Waals surface area contributed by atoms with Gasteiger partial charge in [-0.05, 0) is 47.5 Å². The average molecular weight is 457 g/mol. The van der Waals surface area contributed by atoms with Gasteiger partial charge in [0.05, 0.1) is 36.6 Å². The molecule has 0 bridgehead atoms. The number of nitrogen functional groups attached to an aromatic ring is 4. The number of nitrogens with two attached hydrogens (primary N) is 4. The maximum absolute atomic E-state index is 6.46. The number of rotatable bonds is 6. The second-order valence-electron chi connectivity index (χ2n) is 8.35. The first-order valence-corrected chi connectivity index (χ1v) is 10.9. The van der Waals surface area contributed by atoms with E-state index < -0.39 is 0 Å². The molecule has 5 aromatic rings. The zero-order valence-corrected chi connectivity index (χ0v) is 19.2. The monoisotopic (exact) mass is 456 g/mol. The summed E-state index contributed by atoms with van der Waals surface area (Å²) in [4.78, 5) is 0. The standard InChI is InChI=1S/C26H28N6O2/c1-33-17-7-3-15(4-8-17)13-31-21-11-20-22(12-19(21)23(27)25(31)29)32(26(30)24(20)28)14-16-5-9-18(34-2)10-6-16/h3-12H,13-14,27-30H2,1-2H3. The lowest BCUT2D eigenvalue weighted by Crippen LogP contribution is -2.05. The van der Waals surface area contributed by atoms with Gasteiger partial charge in [-0.15, -0.1) is 0 Å². The van der Waals surface area contributed by atoms with Crippen LogP contribution in [0.3, 0.4) is 0 Å². The Hall–Kier alpha value is -4.46. The highest BCUT2D eigenvalue weighted by Gasteiger charge is 2.19. The number of nitrogens with zero attached hydrogens (tertiary/aromatic N) is 2. The summed E-state index contributed by atoms with van der Waals surface area (Å²) in [5.74, 6) is 2.65. The first-order chi connectivity index (χ1) is 16.4. The van der Waals surface area contributed by atoms with Crippen molar-refractivity contribution in [2.45, 2.75) is 13.1 Å². The van der Waals surface area contributed by atoms with Gasteiger partial charge < -0.3 is 41.5 Å². The van der Waals surface area contributed by atoms with Gasteiger partial charge in [0.15, 0.2) is 0 Å². The predicted octanol–water partition coefficient (Wildman–Crippen LogP) is 4.04. The molecule has 0 spiro atoms. The topological polar surface area (TPSA) is 132 Å². The lowest BCUT2D eigenvalue weighted by molar-refractivity contribution is 0.414. The van der Waals surface area contributed by atoms with E-state index in [1.807, 2.05) is 69.8 Å². The van der Waals surface area contributed by atoms with Gasteiger partial charge in [0.1, 0.15) is 23.1 Å². The van der Waals surface area contributed by atoms with Crippen LogP contribution in [0.2, 0.25) is 0 Å². The van der Waals surface area contributed by atoms with Crippen molar-refractivity contribution in [2.24, 2.45) is 0 Å². The van der Waals surface area contributed by atoms with Crippen LogP contribution in [0.15, 0.2) is 60.7 Å². The van der Waals surface area contributed by atoms with Crippen molar-refractivity contribution in [1.82, 2.24) is 9.13 Å². The summed E-state index contributed by atoms with van der Waals surface area (Å²) >= 11 is 0. The molecule has 0 aliphatic rings. The van der Waals surface area contributed by atoms with E-state index in [9.17, 15) is 0 Å². The molecule has 0 saturated heterocycles. The van der Waals surface area contributed by atoms with Gasteiger partial charge in [-0.3, -0.25) is 0 Å². The number of hydrogen-bond acceptors (Lipinski definition) is 6. The third kappa shape index (κ3) is 3.40. The summed E-state index contributed by atoms with van der Waals surface area (Å²) in [7, 11) is 3.30. The van der Waals surface area contributed by atoms with Gasteiger partial charge in [-0.2, -0.15) is 0 Å². The molecule has 0 unspecified atom stereocenters. The van der Waals surface area contributed by atoms with E-state index in [1.54, 1.807) is 14.2 Å². The van der Waals surface area contributed by atoms with Crippen LogP contribution in [0.5, 0.6) is 11.5 Å². The molecule has 2 aromatic heterocycles. The zero-order chi connectivity index (χ0) is 24.0. The molecular weight excluding hydrogens is 428 g/mol. The molecule has 3 aromatic carbocycles. The lowest BCUT2D eigenvalue weighted by atomic mass is 10.1. The Labute approximate surface area is 197 Å². The van der Waals surface area contributed by atoms with E-state index in [2.05, 4.69) is 0 Å². The summed E-state index contributed by atoms with van der Waals surface area (Å²) in [5.41, 5.74) is 30.9. The first-order valence-electron chi connectivity index (χ1n) is 10.9. The third-order valence-electron chi connectivity index (χ3n) is 6.41. The van der Waals surface area contributed by atoms with Crippen LogP contribution in [-0.4, -0.2) is 23.4 Å². The molecule has 2 heterocycles. The third-order valence-corrected chi connectivity index (χ3v) is 6.41. The van der Waals surface area contributed by atoms with Crippen LogP contribution in [0.25, 0.3) is 21.8 Å². The molecule has 5 rings (SSSR count). The summed E-state index contributed by atoms with van der Waals surface area (Å²) in [6.07, 6.45) is 0. The van der Waals surface area contributed by atoms with Crippen molar-refractivity contribution < 1.29 is 9.47 Å². The highest BCUT2D eigenvalue weighted by molar-refractivity contribution is 6.10. The highest BCUT2D eigenvalue weighted by Crippen LogP contribution is 2.39. The molecular formula is C26H28N6O2. The fraction of sp³-hybridized carbons (Fsp3) is 0.154. The first kappa shape index (κ1) is 21.4. The molecule has 174 valence electrons. The number of hydrogen-bond donors (Lipinski definition) is 4. The Morgan fingerprint density at radius 1 is 0.588 bits per heavy atom. The lowest BCUT2D eigenvalue weighted by Gasteiger charge is -2.10. The minimum absolute atomic E-state index is 0.520. The normalized spacial score (nSPS) is 11.4. The van der Waals surface area contributed by atoms with E-state index in [0.717, 1.165) is 44.4 Å². The van der Waals surface area contributed by atoms with Gasteiger partial charge >= 0.3 is 0 Å². The molecule has 34 heavy (non-hydrogen) atoms. The Balaban J connectivity index is 1.61. The van der Waals surface area contributed by atoms with E-state index >= 15 is 0 Å². The maximum Gasteiger partial charge on any atom is 0.128 e. The maximum atomic E-state index is 6.46. The van der Waals surface area contributed by atoms with Crippen LogP contribution >= 0.6 is 0 Å². The zero-order valence-electron chi connectivity index (χ0n) is 19.2. The Bertz CT molecular complexity index is 1380. The van der Waals surface area contributed by atoms with E-state index in [0.29, 0.717) is 36.1 Å². The van der Waals surface area contributed by atoms with Crippen LogP contribution < -0.4 is 32.4 Å². The molecule has 0 fully saturated rings. The molecule has 0 saturated carbocycles. The molecule has 0 aliphatic carbocycles. The van der Waals surface area contributed by atoms with Gasteiger partial charge in [-0.25, -0.2) is 0 Å². The Morgan fingerprint density at radius 3 is 1.26 bits per heavy atom. The molecule has 0 atom stereocenters. The van der Waals surface area contributed by atoms with Crippen LogP contribution in [0.1, 0.15) is 11.1 Å². The summed E-state index contributed by atoms with van der Waals surface area (Å²) in [5, 5.41) is 1.74. The van der Waals surface area contributed by atoms with E-state index in [1.165, 1.54) is 0 Å². The minimum Gasteiger partial charge on any atom is -0.497 e. The Morgan fingerprint density at radius 2 is 0.941 bits per heavy atom. The summed E-state index contributed by atoms with van der Waals surface area (Å²) in [6, 6.07) is 19.8. The largest absolute Gasteiger partial charge is 0.497 e. The molecule has 8 N–H and O–H groups in total. The van der Waals surface area contributed by atoms with Gasteiger partial charge in [-0.1, -0.05) is 24.3 Å². The molecule has 8 nitrogen and oxygen atoms in total. The second-order valence-corrected chi connectivity index (χ2v) is 8.35. The van der Waals surface area contributed by atoms with Gasteiger partial charge in [0.25, 0.3) is 0 Å². The average Bonchev–Trinajstić information content (AvgIpc) is 3.24. The fourth-order valence-electron chi connectivity index (χ4n) is 4.45. The van der Waals surface area contributed by atoms with Crippen LogP contribution in [-0.2, 0) is 13.1 Å². The number of fused-ring (bicyclic) bond motifs is 2. The summed E-state index contributed by atoms with van der Waals surface area (Å²) < 4.78 is 14.5. The number of benzene rings is 3. The van der Waals surface area contributed by atoms with Gasteiger partial charge in [0.2, 0.25) is 0 Å². The smallest absolute Gasteiger partial charge is 0.128 e. The Kier molecular flexibility index (Phi) is 5.13. The summed E-state index contributed by atoms with van der Waals surface area (Å²) in [6.45, 7) is 1.13. The highest BCUT2D eigenvalue weighted by atomic mass is 16.5. The van der Waals surface area contributed by atoms with Crippen molar-refractivity contribution >= 4 is 44.8 Å². The fourth-order valence-corrected chi connectivity index (χ4v) is 4.45. The molecule has 0 aliphatic heterocycles. The van der Waals surface area contributed by atoms with Crippen molar-refractivity contribution in [3.05, 3.63) is 71.8 Å². The molecule has 0 amide bonds. The number of aromatic nitrogens is 2. The number of ether oxygens (including phenoxy) is 2. The second kappa shape index (κ2) is 8.15. The predicted molar refractivity (Wildman–Crippen MR) is 139 cm³/mol. The SMILES string of the molecule is COc1ccc(Cn2c(N)c(N)c3cc4c(cc32)c(N)c(N)n4Cc2ccc(OC)cc2)cc1. The van der Waals surface area contributed by atoms with Gasteiger partial charge in [0, 0.05) is 23.9 Å². The minimum atomic E-state index is 0.520. The number of methoxy groups -OCH3 is 2. The molecule has 0 radical (unpaired) electrons. The quantitative estimate of drug-likeness (QED) is 0.305. The number of anilines is 4. The van der Waals surface area contributed by atoms with Crippen LogP contribution in [0, 0.1) is 0 Å². The van der Waals surface area contributed by atoms with E-state index in [4.69, 9.17) is 32.4 Å². The van der Waals surface area contributed by atoms with Crippen molar-refractivity contribution in [2.75, 3.05) is 37.2 Å². The van der Waals surface area contributed by atoms with E-state index in [-0.39, 0.29) is 0 Å².